The highest BCUT2D eigenvalue weighted by molar-refractivity contribution is 7.89. The molecule has 1 aliphatic heterocycles. The van der Waals surface area contributed by atoms with Gasteiger partial charge in [-0.1, -0.05) is 44.2 Å². The molecule has 0 radical (unpaired) electrons. The topological polar surface area (TPSA) is 70.1 Å². The number of aliphatic hydroxyl groups is 1. The van der Waals surface area contributed by atoms with E-state index in [0.717, 1.165) is 11.3 Å². The van der Waals surface area contributed by atoms with Crippen LogP contribution in [-0.4, -0.2) is 68.2 Å². The average Bonchev–Trinajstić information content (AvgIpc) is 2.73. The van der Waals surface area contributed by atoms with Crippen LogP contribution in [-0.2, 0) is 10.0 Å². The Morgan fingerprint density at radius 1 is 0.966 bits per heavy atom. The van der Waals surface area contributed by atoms with Crippen LogP contribution in [0.3, 0.4) is 0 Å². The molecule has 1 saturated heterocycles. The van der Waals surface area contributed by atoms with Crippen LogP contribution < -0.4 is 4.74 Å². The maximum Gasteiger partial charge on any atom is 0.243 e. The monoisotopic (exact) mass is 418 g/mol. The molecule has 0 saturated carbocycles. The van der Waals surface area contributed by atoms with Crippen LogP contribution in [0.25, 0.3) is 0 Å². The third-order valence-corrected chi connectivity index (χ3v) is 7.08. The molecule has 6 nitrogen and oxygen atoms in total. The predicted octanol–water partition coefficient (Wildman–Crippen LogP) is 2.56. The van der Waals surface area contributed by atoms with E-state index in [9.17, 15) is 13.5 Å². The third-order valence-electron chi connectivity index (χ3n) is 5.17. The van der Waals surface area contributed by atoms with Crippen LogP contribution in [0.4, 0.5) is 0 Å². The summed E-state index contributed by atoms with van der Waals surface area (Å²) in [4.78, 5) is 2.42. The van der Waals surface area contributed by atoms with Gasteiger partial charge >= 0.3 is 0 Å². The average molecular weight is 419 g/mol. The fraction of sp³-hybridized carbons (Fsp3) is 0.455. The van der Waals surface area contributed by atoms with E-state index in [0.29, 0.717) is 43.5 Å². The third kappa shape index (κ3) is 5.79. The standard InChI is InChI=1S/C22H30N2O4S/c1-18(2)19-8-10-22(11-9-19)29(26,27)24-14-12-23(13-15-24)16-20(25)17-28-21-6-4-3-5-7-21/h3-11,18,20,25H,12-17H2,1-2H3. The Balaban J connectivity index is 1.49. The van der Waals surface area contributed by atoms with E-state index in [1.807, 2.05) is 42.5 Å². The number of para-hydroxylation sites is 1. The maximum atomic E-state index is 12.9. The van der Waals surface area contributed by atoms with Crippen LogP contribution in [0.2, 0.25) is 0 Å². The van der Waals surface area contributed by atoms with Gasteiger partial charge in [0.25, 0.3) is 0 Å². The lowest BCUT2D eigenvalue weighted by molar-refractivity contribution is 0.0569. The molecule has 0 amide bonds. The fourth-order valence-corrected chi connectivity index (χ4v) is 4.81. The first-order valence-corrected chi connectivity index (χ1v) is 11.5. The molecule has 3 rings (SSSR count). The molecule has 2 aromatic carbocycles. The van der Waals surface area contributed by atoms with Gasteiger partial charge in [-0.3, -0.25) is 4.90 Å². The zero-order valence-electron chi connectivity index (χ0n) is 17.1. The van der Waals surface area contributed by atoms with E-state index in [-0.39, 0.29) is 6.61 Å². The summed E-state index contributed by atoms with van der Waals surface area (Å²) in [7, 11) is -3.48. The number of β-amino-alcohol motifs (C(OH)–C–C–N with tert-alkyl or cyclic N) is 1. The molecule has 0 aromatic heterocycles. The number of nitrogens with zero attached hydrogens (tertiary/aromatic N) is 2. The van der Waals surface area contributed by atoms with Crippen LogP contribution in [0.15, 0.2) is 59.5 Å². The number of piperazine rings is 1. The van der Waals surface area contributed by atoms with Gasteiger partial charge in [0.2, 0.25) is 10.0 Å². The number of hydrogen-bond acceptors (Lipinski definition) is 5. The van der Waals surface area contributed by atoms with Gasteiger partial charge in [-0.05, 0) is 35.7 Å². The highest BCUT2D eigenvalue weighted by Crippen LogP contribution is 2.21. The molecule has 29 heavy (non-hydrogen) atoms. The lowest BCUT2D eigenvalue weighted by atomic mass is 10.0. The van der Waals surface area contributed by atoms with Gasteiger partial charge in [0, 0.05) is 32.7 Å². The molecular weight excluding hydrogens is 388 g/mol. The van der Waals surface area contributed by atoms with Crippen LogP contribution >= 0.6 is 0 Å². The summed E-state index contributed by atoms with van der Waals surface area (Å²) in [5, 5.41) is 10.2. The molecule has 0 bridgehead atoms. The maximum absolute atomic E-state index is 12.9. The Morgan fingerprint density at radius 3 is 2.17 bits per heavy atom. The number of sulfonamides is 1. The second-order valence-electron chi connectivity index (χ2n) is 7.71. The fourth-order valence-electron chi connectivity index (χ4n) is 3.39. The summed E-state index contributed by atoms with van der Waals surface area (Å²) in [5.41, 5.74) is 1.13. The van der Waals surface area contributed by atoms with E-state index in [1.54, 1.807) is 12.1 Å². The van der Waals surface area contributed by atoms with Crippen molar-refractivity contribution in [1.29, 1.82) is 0 Å². The molecule has 1 unspecified atom stereocenters. The van der Waals surface area contributed by atoms with Crippen molar-refractivity contribution >= 4 is 10.0 Å². The number of ether oxygens (including phenoxy) is 1. The minimum absolute atomic E-state index is 0.213. The van der Waals surface area contributed by atoms with Gasteiger partial charge in [-0.25, -0.2) is 8.42 Å². The quantitative estimate of drug-likeness (QED) is 0.714. The van der Waals surface area contributed by atoms with Gasteiger partial charge < -0.3 is 9.84 Å². The van der Waals surface area contributed by atoms with Gasteiger partial charge in [0.05, 0.1) is 4.90 Å². The minimum Gasteiger partial charge on any atom is -0.491 e. The minimum atomic E-state index is -3.48. The van der Waals surface area contributed by atoms with Crippen molar-refractivity contribution < 1.29 is 18.3 Å². The molecule has 0 aliphatic carbocycles. The lowest BCUT2D eigenvalue weighted by Crippen LogP contribution is -2.50. The van der Waals surface area contributed by atoms with Gasteiger partial charge in [0.15, 0.2) is 0 Å². The molecule has 1 fully saturated rings. The predicted molar refractivity (Wildman–Crippen MR) is 114 cm³/mol. The Bertz CT molecular complexity index is 861. The molecule has 1 atom stereocenters. The van der Waals surface area contributed by atoms with E-state index >= 15 is 0 Å². The molecule has 0 spiro atoms. The molecule has 1 aliphatic rings. The Hall–Kier alpha value is -1.93. The van der Waals surface area contributed by atoms with Crippen LogP contribution in [0.5, 0.6) is 5.75 Å². The first-order chi connectivity index (χ1) is 13.9. The SMILES string of the molecule is CC(C)c1ccc(S(=O)(=O)N2CCN(CC(O)COc3ccccc3)CC2)cc1. The van der Waals surface area contributed by atoms with Crippen molar-refractivity contribution in [3.8, 4) is 5.75 Å². The highest BCUT2D eigenvalue weighted by atomic mass is 32.2. The molecular formula is C22H30N2O4S. The van der Waals surface area contributed by atoms with Crippen molar-refractivity contribution in [2.75, 3.05) is 39.3 Å². The van der Waals surface area contributed by atoms with E-state index in [2.05, 4.69) is 18.7 Å². The van der Waals surface area contributed by atoms with E-state index < -0.39 is 16.1 Å². The van der Waals surface area contributed by atoms with Gasteiger partial charge in [-0.2, -0.15) is 4.31 Å². The van der Waals surface area contributed by atoms with Gasteiger partial charge in [0.1, 0.15) is 18.5 Å². The number of hydrogen-bond donors (Lipinski definition) is 1. The van der Waals surface area contributed by atoms with Crippen molar-refractivity contribution in [3.05, 3.63) is 60.2 Å². The number of rotatable bonds is 8. The Kier molecular flexibility index (Phi) is 7.29. The molecule has 1 N–H and O–H groups in total. The van der Waals surface area contributed by atoms with Crippen molar-refractivity contribution in [2.24, 2.45) is 0 Å². The first-order valence-electron chi connectivity index (χ1n) is 10.0. The summed E-state index contributed by atoms with van der Waals surface area (Å²) < 4.78 is 32.9. The summed E-state index contributed by atoms with van der Waals surface area (Å²) in [6.07, 6.45) is -0.623. The summed E-state index contributed by atoms with van der Waals surface area (Å²) in [5.74, 6) is 1.10. The van der Waals surface area contributed by atoms with Crippen molar-refractivity contribution in [1.82, 2.24) is 9.21 Å². The normalized spacial score (nSPS) is 17.4. The zero-order valence-corrected chi connectivity index (χ0v) is 17.9. The van der Waals surface area contributed by atoms with Crippen LogP contribution in [0.1, 0.15) is 25.3 Å². The molecule has 1 heterocycles. The summed E-state index contributed by atoms with van der Waals surface area (Å²) in [6, 6.07) is 16.6. The number of benzene rings is 2. The summed E-state index contributed by atoms with van der Waals surface area (Å²) in [6.45, 7) is 6.86. The summed E-state index contributed by atoms with van der Waals surface area (Å²) >= 11 is 0. The highest BCUT2D eigenvalue weighted by Gasteiger charge is 2.29. The first kappa shape index (κ1) is 21.8. The lowest BCUT2D eigenvalue weighted by Gasteiger charge is -2.34. The van der Waals surface area contributed by atoms with Crippen molar-refractivity contribution in [3.63, 3.8) is 0 Å². The molecule has 2 aromatic rings. The number of aliphatic hydroxyl groups excluding tert-OH is 1. The van der Waals surface area contributed by atoms with E-state index in [4.69, 9.17) is 4.74 Å². The van der Waals surface area contributed by atoms with Crippen molar-refractivity contribution in [2.45, 2.75) is 30.8 Å². The van der Waals surface area contributed by atoms with E-state index in [1.165, 1.54) is 4.31 Å². The molecule has 158 valence electrons. The zero-order chi connectivity index (χ0) is 20.9. The van der Waals surface area contributed by atoms with Gasteiger partial charge in [-0.15, -0.1) is 0 Å². The Morgan fingerprint density at radius 2 is 1.59 bits per heavy atom. The smallest absolute Gasteiger partial charge is 0.243 e. The second kappa shape index (κ2) is 9.71. The Labute approximate surface area is 173 Å². The largest absolute Gasteiger partial charge is 0.491 e. The molecule has 7 heteroatoms. The van der Waals surface area contributed by atoms with Crippen LogP contribution in [0, 0.1) is 0 Å². The second-order valence-corrected chi connectivity index (χ2v) is 9.64.